The van der Waals surface area contributed by atoms with E-state index in [1.807, 2.05) is 0 Å². The predicted molar refractivity (Wildman–Crippen MR) is 71.5 cm³/mol. The third-order valence-electron chi connectivity index (χ3n) is 2.94. The van der Waals surface area contributed by atoms with Gasteiger partial charge in [-0.1, -0.05) is 11.6 Å². The van der Waals surface area contributed by atoms with Crippen molar-refractivity contribution in [3.63, 3.8) is 0 Å². The van der Waals surface area contributed by atoms with Crippen LogP contribution in [0, 0.1) is 6.92 Å². The molecule has 0 aliphatic carbocycles. The highest BCUT2D eigenvalue weighted by Crippen LogP contribution is 2.28. The Morgan fingerprint density at radius 2 is 2.05 bits per heavy atom. The monoisotopic (exact) mass is 280 g/mol. The number of halogens is 1. The number of aryl methyl sites for hydroxylation is 1. The molecule has 0 N–H and O–H groups in total. The normalized spacial score (nSPS) is 12.4. The lowest BCUT2D eigenvalue weighted by Gasteiger charge is -2.08. The molecule has 2 rings (SSSR count). The molecule has 100 valence electrons. The first kappa shape index (κ1) is 13.6. The van der Waals surface area contributed by atoms with Crippen LogP contribution in [0.2, 0.25) is 5.02 Å². The van der Waals surface area contributed by atoms with Crippen molar-refractivity contribution in [3.05, 3.63) is 34.5 Å². The fourth-order valence-corrected chi connectivity index (χ4v) is 1.86. The minimum absolute atomic E-state index is 0.102. The van der Waals surface area contributed by atoms with Crippen LogP contribution in [-0.2, 0) is 9.53 Å². The van der Waals surface area contributed by atoms with Gasteiger partial charge in [0.15, 0.2) is 11.9 Å². The van der Waals surface area contributed by atoms with E-state index in [-0.39, 0.29) is 11.5 Å². The fourth-order valence-electron chi connectivity index (χ4n) is 1.68. The summed E-state index contributed by atoms with van der Waals surface area (Å²) in [7, 11) is 0. The molecule has 0 bridgehead atoms. The molecule has 0 amide bonds. The first-order chi connectivity index (χ1) is 8.90. The average molecular weight is 281 g/mol. The quantitative estimate of drug-likeness (QED) is 0.807. The largest absolute Gasteiger partial charge is 0.449 e. The van der Waals surface area contributed by atoms with Crippen molar-refractivity contribution in [3.8, 4) is 0 Å². The second-order valence-corrected chi connectivity index (χ2v) is 4.79. The van der Waals surface area contributed by atoms with Gasteiger partial charge in [0.05, 0.1) is 0 Å². The summed E-state index contributed by atoms with van der Waals surface area (Å²) < 4.78 is 10.5. The van der Waals surface area contributed by atoms with Crippen molar-refractivity contribution >= 4 is 34.3 Å². The van der Waals surface area contributed by atoms with Gasteiger partial charge < -0.3 is 9.15 Å². The molecule has 0 saturated heterocycles. The summed E-state index contributed by atoms with van der Waals surface area (Å²) in [6.07, 6.45) is -0.788. The highest BCUT2D eigenvalue weighted by atomic mass is 35.5. The maximum atomic E-state index is 11.9. The van der Waals surface area contributed by atoms with Crippen molar-refractivity contribution < 1.29 is 18.7 Å². The zero-order chi connectivity index (χ0) is 14.2. The van der Waals surface area contributed by atoms with Crippen LogP contribution in [0.1, 0.15) is 30.0 Å². The van der Waals surface area contributed by atoms with Gasteiger partial charge in [-0.2, -0.15) is 0 Å². The van der Waals surface area contributed by atoms with Gasteiger partial charge in [0.1, 0.15) is 5.58 Å². The van der Waals surface area contributed by atoms with E-state index in [0.717, 1.165) is 5.39 Å². The van der Waals surface area contributed by atoms with Gasteiger partial charge in [-0.3, -0.25) is 4.79 Å². The highest BCUT2D eigenvalue weighted by molar-refractivity contribution is 6.31. The summed E-state index contributed by atoms with van der Waals surface area (Å²) >= 11 is 5.90. The average Bonchev–Trinajstić information content (AvgIpc) is 2.66. The maximum absolute atomic E-state index is 11.9. The number of esters is 1. The summed E-state index contributed by atoms with van der Waals surface area (Å²) in [6, 6.07) is 5.09. The molecule has 0 radical (unpaired) electrons. The van der Waals surface area contributed by atoms with E-state index >= 15 is 0 Å². The van der Waals surface area contributed by atoms with Crippen LogP contribution in [0.3, 0.4) is 0 Å². The molecule has 0 fully saturated rings. The fraction of sp³-hybridized carbons (Fsp3) is 0.286. The number of ketones is 1. The molecule has 0 spiro atoms. The second kappa shape index (κ2) is 5.05. The van der Waals surface area contributed by atoms with Crippen LogP contribution in [0.4, 0.5) is 0 Å². The molecule has 19 heavy (non-hydrogen) atoms. The standard InChI is InChI=1S/C14H13ClO4/c1-7-11-6-10(15)4-5-12(11)19-13(7)14(17)18-9(3)8(2)16/h4-6,9H,1-3H3. The molecule has 1 heterocycles. The lowest BCUT2D eigenvalue weighted by molar-refractivity contribution is -0.124. The van der Waals surface area contributed by atoms with E-state index in [9.17, 15) is 9.59 Å². The van der Waals surface area contributed by atoms with Crippen molar-refractivity contribution in [2.45, 2.75) is 26.9 Å². The third-order valence-corrected chi connectivity index (χ3v) is 3.18. The van der Waals surface area contributed by atoms with Crippen molar-refractivity contribution in [1.29, 1.82) is 0 Å². The van der Waals surface area contributed by atoms with Gasteiger partial charge in [-0.15, -0.1) is 0 Å². The molecule has 2 aromatic rings. The minimum Gasteiger partial charge on any atom is -0.449 e. The smallest absolute Gasteiger partial charge is 0.375 e. The Bertz CT molecular complexity index is 657. The maximum Gasteiger partial charge on any atom is 0.375 e. The predicted octanol–water partition coefficient (Wildman–Crippen LogP) is 3.53. The first-order valence-corrected chi connectivity index (χ1v) is 6.18. The van der Waals surface area contributed by atoms with E-state index in [1.165, 1.54) is 13.8 Å². The SMILES string of the molecule is CC(=O)C(C)OC(=O)c1oc2ccc(Cl)cc2c1C. The number of furan rings is 1. The van der Waals surface area contributed by atoms with Crippen LogP contribution in [0.25, 0.3) is 11.0 Å². The Morgan fingerprint density at radius 3 is 2.68 bits per heavy atom. The zero-order valence-corrected chi connectivity index (χ0v) is 11.6. The Labute approximate surface area is 115 Å². The summed E-state index contributed by atoms with van der Waals surface area (Å²) in [6.45, 7) is 4.63. The van der Waals surface area contributed by atoms with Crippen molar-refractivity contribution in [2.24, 2.45) is 0 Å². The second-order valence-electron chi connectivity index (χ2n) is 4.35. The molecule has 1 atom stereocenters. The van der Waals surface area contributed by atoms with E-state index in [0.29, 0.717) is 16.2 Å². The number of hydrogen-bond acceptors (Lipinski definition) is 4. The Morgan fingerprint density at radius 1 is 1.37 bits per heavy atom. The molecule has 4 nitrogen and oxygen atoms in total. The van der Waals surface area contributed by atoms with Crippen LogP contribution in [-0.4, -0.2) is 17.9 Å². The molecule has 0 aliphatic heterocycles. The van der Waals surface area contributed by atoms with E-state index < -0.39 is 12.1 Å². The number of ether oxygens (including phenoxy) is 1. The summed E-state index contributed by atoms with van der Waals surface area (Å²) in [4.78, 5) is 23.0. The summed E-state index contributed by atoms with van der Waals surface area (Å²) in [5.74, 6) is -0.761. The Balaban J connectivity index is 2.37. The molecule has 1 aromatic carbocycles. The third kappa shape index (κ3) is 2.63. The molecule has 5 heteroatoms. The van der Waals surface area contributed by atoms with Gasteiger partial charge in [-0.25, -0.2) is 4.79 Å². The van der Waals surface area contributed by atoms with E-state index in [1.54, 1.807) is 25.1 Å². The number of hydrogen-bond donors (Lipinski definition) is 0. The van der Waals surface area contributed by atoms with Crippen LogP contribution >= 0.6 is 11.6 Å². The Kier molecular flexibility index (Phi) is 3.62. The number of carbonyl (C=O) groups is 2. The van der Waals surface area contributed by atoms with E-state index in [4.69, 9.17) is 20.8 Å². The summed E-state index contributed by atoms with van der Waals surface area (Å²) in [5, 5.41) is 1.32. The van der Waals surface area contributed by atoms with Gasteiger partial charge in [-0.05, 0) is 39.0 Å². The lowest BCUT2D eigenvalue weighted by Crippen LogP contribution is -2.21. The van der Waals surface area contributed by atoms with Crippen LogP contribution in [0.15, 0.2) is 22.6 Å². The van der Waals surface area contributed by atoms with Gasteiger partial charge in [0, 0.05) is 16.0 Å². The topological polar surface area (TPSA) is 56.5 Å². The Hall–Kier alpha value is -1.81. The van der Waals surface area contributed by atoms with Gasteiger partial charge in [0.25, 0.3) is 0 Å². The van der Waals surface area contributed by atoms with Gasteiger partial charge >= 0.3 is 5.97 Å². The van der Waals surface area contributed by atoms with Crippen LogP contribution in [0.5, 0.6) is 0 Å². The molecule has 1 unspecified atom stereocenters. The number of benzene rings is 1. The molecule has 1 aromatic heterocycles. The summed E-state index contributed by atoms with van der Waals surface area (Å²) in [5.41, 5.74) is 1.21. The lowest BCUT2D eigenvalue weighted by atomic mass is 10.1. The molecular weight excluding hydrogens is 268 g/mol. The van der Waals surface area contributed by atoms with E-state index in [2.05, 4.69) is 0 Å². The van der Waals surface area contributed by atoms with Crippen molar-refractivity contribution in [2.75, 3.05) is 0 Å². The number of Topliss-reactive ketones (excluding diaryl/α,β-unsaturated/α-hetero) is 1. The van der Waals surface area contributed by atoms with Gasteiger partial charge in [0.2, 0.25) is 5.76 Å². The first-order valence-electron chi connectivity index (χ1n) is 5.80. The highest BCUT2D eigenvalue weighted by Gasteiger charge is 2.22. The number of rotatable bonds is 3. The van der Waals surface area contributed by atoms with Crippen LogP contribution < -0.4 is 0 Å². The zero-order valence-electron chi connectivity index (χ0n) is 10.8. The molecule has 0 aliphatic rings. The number of carbonyl (C=O) groups excluding carboxylic acids is 2. The molecular formula is C14H13ClO4. The van der Waals surface area contributed by atoms with Crippen molar-refractivity contribution in [1.82, 2.24) is 0 Å². The minimum atomic E-state index is -0.788. The molecule has 0 saturated carbocycles. The number of fused-ring (bicyclic) bond motifs is 1.